The molecule has 3 aliphatic rings. The van der Waals surface area contributed by atoms with E-state index in [4.69, 9.17) is 4.74 Å². The van der Waals surface area contributed by atoms with Gasteiger partial charge in [0.05, 0.1) is 12.3 Å². The first-order valence-electron chi connectivity index (χ1n) is 11.9. The molecule has 2 saturated heterocycles. The summed E-state index contributed by atoms with van der Waals surface area (Å²) in [5.41, 5.74) is 4.46. The normalized spacial score (nSPS) is 23.5. The van der Waals surface area contributed by atoms with E-state index in [1.54, 1.807) is 11.1 Å². The second-order valence-electron chi connectivity index (χ2n) is 9.66. The van der Waals surface area contributed by atoms with E-state index in [-0.39, 0.29) is 0 Å². The lowest BCUT2D eigenvalue weighted by Crippen LogP contribution is -2.44. The zero-order valence-corrected chi connectivity index (χ0v) is 18.4. The van der Waals surface area contributed by atoms with E-state index in [1.165, 1.54) is 63.7 Å². The van der Waals surface area contributed by atoms with Gasteiger partial charge in [-0.2, -0.15) is 5.10 Å². The molecule has 1 unspecified atom stereocenters. The highest BCUT2D eigenvalue weighted by Gasteiger charge is 2.31. The fraction of sp³-hybridized carbons (Fsp3) is 0.640. The molecule has 2 aliphatic heterocycles. The molecule has 2 aromatic rings. The van der Waals surface area contributed by atoms with Crippen molar-refractivity contribution in [2.75, 3.05) is 32.8 Å². The van der Waals surface area contributed by atoms with Crippen LogP contribution in [0.3, 0.4) is 0 Å². The molecule has 1 aromatic carbocycles. The maximum atomic E-state index is 5.96. The molecule has 1 aliphatic carbocycles. The molecular formula is C25H36N4O. The third-order valence-electron chi connectivity index (χ3n) is 7.36. The lowest BCUT2D eigenvalue weighted by molar-refractivity contribution is 0.0541. The van der Waals surface area contributed by atoms with Gasteiger partial charge in [-0.3, -0.25) is 14.5 Å². The van der Waals surface area contributed by atoms with E-state index in [0.29, 0.717) is 6.10 Å². The van der Waals surface area contributed by atoms with Gasteiger partial charge in [-0.15, -0.1) is 0 Å². The van der Waals surface area contributed by atoms with Crippen molar-refractivity contribution >= 4 is 0 Å². The number of piperidine rings is 1. The van der Waals surface area contributed by atoms with E-state index in [9.17, 15) is 0 Å². The van der Waals surface area contributed by atoms with Gasteiger partial charge in [-0.25, -0.2) is 0 Å². The molecule has 1 aromatic heterocycles. The van der Waals surface area contributed by atoms with Crippen LogP contribution in [0.1, 0.15) is 42.4 Å². The lowest BCUT2D eigenvalue weighted by atomic mass is 9.94. The number of hydrogen-bond donors (Lipinski definition) is 0. The molecule has 0 spiro atoms. The highest BCUT2D eigenvalue weighted by atomic mass is 16.5. The molecule has 3 heterocycles. The number of rotatable bonds is 7. The molecule has 1 atom stereocenters. The molecule has 5 nitrogen and oxygen atoms in total. The second kappa shape index (κ2) is 9.21. The van der Waals surface area contributed by atoms with Crippen molar-refractivity contribution in [1.82, 2.24) is 19.6 Å². The van der Waals surface area contributed by atoms with E-state index in [0.717, 1.165) is 31.7 Å². The summed E-state index contributed by atoms with van der Waals surface area (Å²) in [4.78, 5) is 5.40. The van der Waals surface area contributed by atoms with Gasteiger partial charge in [-0.1, -0.05) is 24.3 Å². The summed E-state index contributed by atoms with van der Waals surface area (Å²) in [5, 5.41) is 4.37. The Morgan fingerprint density at radius 3 is 2.47 bits per heavy atom. The number of hydrogen-bond acceptors (Lipinski definition) is 4. The molecule has 5 rings (SSSR count). The van der Waals surface area contributed by atoms with Crippen molar-refractivity contribution < 1.29 is 4.74 Å². The minimum absolute atomic E-state index is 0.416. The highest BCUT2D eigenvalue weighted by molar-refractivity contribution is 5.33. The molecular weight excluding hydrogens is 372 g/mol. The molecule has 5 heteroatoms. The van der Waals surface area contributed by atoms with Crippen molar-refractivity contribution in [2.45, 2.75) is 57.2 Å². The average molecular weight is 409 g/mol. The Bertz CT molecular complexity index is 795. The molecule has 0 radical (unpaired) electrons. The number of nitrogens with zero attached hydrogens (tertiary/aromatic N) is 4. The van der Waals surface area contributed by atoms with E-state index >= 15 is 0 Å². The lowest BCUT2D eigenvalue weighted by Gasteiger charge is -2.38. The topological polar surface area (TPSA) is 33.5 Å². The second-order valence-corrected chi connectivity index (χ2v) is 9.66. The van der Waals surface area contributed by atoms with Crippen molar-refractivity contribution in [3.8, 4) is 0 Å². The predicted molar refractivity (Wildman–Crippen MR) is 119 cm³/mol. The van der Waals surface area contributed by atoms with Crippen LogP contribution < -0.4 is 0 Å². The summed E-state index contributed by atoms with van der Waals surface area (Å²) in [6.07, 6.45) is 12.1. The summed E-state index contributed by atoms with van der Waals surface area (Å²) in [7, 11) is 2.00. The Morgan fingerprint density at radius 2 is 1.83 bits per heavy atom. The third-order valence-corrected chi connectivity index (χ3v) is 7.36. The van der Waals surface area contributed by atoms with Gasteiger partial charge in [-0.05, 0) is 68.7 Å². The first kappa shape index (κ1) is 20.2. The van der Waals surface area contributed by atoms with Crippen LogP contribution >= 0.6 is 0 Å². The van der Waals surface area contributed by atoms with E-state index < -0.39 is 0 Å². The molecule has 0 saturated carbocycles. The molecule has 30 heavy (non-hydrogen) atoms. The smallest absolute Gasteiger partial charge is 0.0702 e. The minimum Gasteiger partial charge on any atom is -0.377 e. The van der Waals surface area contributed by atoms with Gasteiger partial charge in [0.2, 0.25) is 0 Å². The number of ether oxygens (including phenoxy) is 1. The molecule has 0 amide bonds. The standard InChI is InChI=1S/C25H36N4O/c1-27-16-21(15-26-27)18-28(19-25-7-4-12-30-25)17-20-8-10-29(11-9-20)24-13-22-5-2-3-6-23(22)14-24/h2-3,5-6,15-16,20,24-25H,4,7-14,17-19H2,1H3. The first-order chi connectivity index (χ1) is 14.7. The summed E-state index contributed by atoms with van der Waals surface area (Å²) >= 11 is 0. The van der Waals surface area contributed by atoms with E-state index in [2.05, 4.69) is 45.4 Å². The zero-order chi connectivity index (χ0) is 20.3. The average Bonchev–Trinajstić information content (AvgIpc) is 3.50. The van der Waals surface area contributed by atoms with Crippen LogP contribution in [0.5, 0.6) is 0 Å². The largest absolute Gasteiger partial charge is 0.377 e. The Labute approximate surface area is 181 Å². The fourth-order valence-electron chi connectivity index (χ4n) is 5.75. The summed E-state index contributed by atoms with van der Waals surface area (Å²) < 4.78 is 7.87. The van der Waals surface area contributed by atoms with Crippen molar-refractivity contribution in [3.05, 3.63) is 53.3 Å². The van der Waals surface area contributed by atoms with Gasteiger partial charge >= 0.3 is 0 Å². The Balaban J connectivity index is 1.15. The van der Waals surface area contributed by atoms with Gasteiger partial charge in [0.25, 0.3) is 0 Å². The van der Waals surface area contributed by atoms with Crippen molar-refractivity contribution in [2.24, 2.45) is 13.0 Å². The van der Waals surface area contributed by atoms with Crippen LogP contribution in [0.15, 0.2) is 36.7 Å². The Kier molecular flexibility index (Phi) is 6.21. The number of aromatic nitrogens is 2. The number of aryl methyl sites for hydroxylation is 1. The third kappa shape index (κ3) is 4.79. The van der Waals surface area contributed by atoms with Gasteiger partial charge < -0.3 is 4.74 Å². The van der Waals surface area contributed by atoms with Crippen LogP contribution in [0.4, 0.5) is 0 Å². The Hall–Kier alpha value is -1.69. The number of benzene rings is 1. The SMILES string of the molecule is Cn1cc(CN(CC2CCN(C3Cc4ccccc4C3)CC2)CC2CCCO2)cn1. The van der Waals surface area contributed by atoms with Crippen molar-refractivity contribution in [1.29, 1.82) is 0 Å². The Morgan fingerprint density at radius 1 is 1.07 bits per heavy atom. The van der Waals surface area contributed by atoms with Crippen LogP contribution in [0.25, 0.3) is 0 Å². The summed E-state index contributed by atoms with van der Waals surface area (Å²) in [6.45, 7) is 6.69. The number of fused-ring (bicyclic) bond motifs is 1. The zero-order valence-electron chi connectivity index (χ0n) is 18.4. The molecule has 0 bridgehead atoms. The van der Waals surface area contributed by atoms with Crippen LogP contribution in [-0.4, -0.2) is 64.5 Å². The first-order valence-corrected chi connectivity index (χ1v) is 11.9. The monoisotopic (exact) mass is 408 g/mol. The van der Waals surface area contributed by atoms with Gasteiger partial charge in [0.15, 0.2) is 0 Å². The molecule has 0 N–H and O–H groups in total. The summed E-state index contributed by atoms with van der Waals surface area (Å²) in [6, 6.07) is 9.76. The molecule has 2 fully saturated rings. The minimum atomic E-state index is 0.416. The van der Waals surface area contributed by atoms with Crippen LogP contribution in [0, 0.1) is 5.92 Å². The van der Waals surface area contributed by atoms with E-state index in [1.807, 2.05) is 17.9 Å². The fourth-order valence-corrected chi connectivity index (χ4v) is 5.75. The van der Waals surface area contributed by atoms with Crippen LogP contribution in [-0.2, 0) is 31.2 Å². The number of likely N-dealkylation sites (tertiary alicyclic amines) is 1. The quantitative estimate of drug-likeness (QED) is 0.704. The van der Waals surface area contributed by atoms with Gasteiger partial charge in [0, 0.05) is 51.1 Å². The highest BCUT2D eigenvalue weighted by Crippen LogP contribution is 2.29. The summed E-state index contributed by atoms with van der Waals surface area (Å²) in [5.74, 6) is 0.795. The maximum absolute atomic E-state index is 5.96. The molecule has 162 valence electrons. The predicted octanol–water partition coefficient (Wildman–Crippen LogP) is 3.28. The van der Waals surface area contributed by atoms with Crippen molar-refractivity contribution in [3.63, 3.8) is 0 Å². The maximum Gasteiger partial charge on any atom is 0.0702 e. The van der Waals surface area contributed by atoms with Gasteiger partial charge in [0.1, 0.15) is 0 Å². The van der Waals surface area contributed by atoms with Crippen LogP contribution in [0.2, 0.25) is 0 Å².